The molecule has 32 heavy (non-hydrogen) atoms. The van der Waals surface area contributed by atoms with Crippen LogP contribution in [0.3, 0.4) is 0 Å². The second-order valence-corrected chi connectivity index (χ2v) is 7.30. The first-order valence-electron chi connectivity index (χ1n) is 10.3. The van der Waals surface area contributed by atoms with Crippen LogP contribution in [0.15, 0.2) is 54.7 Å². The maximum absolute atomic E-state index is 9.79. The van der Waals surface area contributed by atoms with Gasteiger partial charge >= 0.3 is 0 Å². The molecule has 0 bridgehead atoms. The van der Waals surface area contributed by atoms with E-state index in [0.717, 1.165) is 22.6 Å². The molecule has 0 saturated carbocycles. The summed E-state index contributed by atoms with van der Waals surface area (Å²) in [6, 6.07) is 15.7. The summed E-state index contributed by atoms with van der Waals surface area (Å²) in [6.07, 6.45) is 0.944. The molecule has 0 amide bonds. The Morgan fingerprint density at radius 1 is 0.844 bits per heavy atom. The van der Waals surface area contributed by atoms with E-state index in [1.165, 1.54) is 7.11 Å². The Balaban J connectivity index is 1.90. The molecule has 1 heterocycles. The summed E-state index contributed by atoms with van der Waals surface area (Å²) in [5, 5.41) is 18.9. The number of hydrogen-bond donors (Lipinski definition) is 2. The van der Waals surface area contributed by atoms with Crippen LogP contribution in [0.5, 0.6) is 17.4 Å². The van der Waals surface area contributed by atoms with Gasteiger partial charge in [-0.25, -0.2) is 4.98 Å². The Bertz CT molecular complexity index is 930. The SMILES string of the molecule is COc1ccc(CN(Cc2ccc(OC)cc2)c2ncc(CC(O)CO)c(OC)n2)cc1. The van der Waals surface area contributed by atoms with E-state index in [1.807, 2.05) is 53.4 Å². The van der Waals surface area contributed by atoms with E-state index < -0.39 is 6.10 Å². The lowest BCUT2D eigenvalue weighted by Crippen LogP contribution is -2.25. The molecule has 1 unspecified atom stereocenters. The van der Waals surface area contributed by atoms with Crippen LogP contribution in [0.2, 0.25) is 0 Å². The van der Waals surface area contributed by atoms with Gasteiger partial charge in [0, 0.05) is 31.3 Å². The van der Waals surface area contributed by atoms with Gasteiger partial charge in [0.25, 0.3) is 0 Å². The first-order valence-corrected chi connectivity index (χ1v) is 10.3. The van der Waals surface area contributed by atoms with Gasteiger partial charge in [-0.3, -0.25) is 0 Å². The average Bonchev–Trinajstić information content (AvgIpc) is 2.84. The molecule has 3 aromatic rings. The van der Waals surface area contributed by atoms with E-state index in [2.05, 4.69) is 9.97 Å². The van der Waals surface area contributed by atoms with Crippen molar-refractivity contribution in [1.29, 1.82) is 0 Å². The number of anilines is 1. The van der Waals surface area contributed by atoms with Crippen molar-refractivity contribution in [2.24, 2.45) is 0 Å². The molecule has 1 aromatic heterocycles. The molecule has 170 valence electrons. The highest BCUT2D eigenvalue weighted by Crippen LogP contribution is 2.24. The van der Waals surface area contributed by atoms with Gasteiger partial charge in [0.15, 0.2) is 0 Å². The number of rotatable bonds is 11. The molecule has 0 aliphatic carbocycles. The third kappa shape index (κ3) is 6.09. The van der Waals surface area contributed by atoms with Crippen molar-refractivity contribution in [3.05, 3.63) is 71.4 Å². The first-order chi connectivity index (χ1) is 15.6. The van der Waals surface area contributed by atoms with Crippen molar-refractivity contribution in [1.82, 2.24) is 9.97 Å². The maximum atomic E-state index is 9.79. The fourth-order valence-electron chi connectivity index (χ4n) is 3.27. The number of ether oxygens (including phenoxy) is 3. The van der Waals surface area contributed by atoms with E-state index >= 15 is 0 Å². The summed E-state index contributed by atoms with van der Waals surface area (Å²) >= 11 is 0. The summed E-state index contributed by atoms with van der Waals surface area (Å²) in [5.41, 5.74) is 2.77. The molecule has 0 spiro atoms. The van der Waals surface area contributed by atoms with Crippen molar-refractivity contribution < 1.29 is 24.4 Å². The molecule has 0 aliphatic rings. The monoisotopic (exact) mass is 439 g/mol. The topological polar surface area (TPSA) is 97.2 Å². The lowest BCUT2D eigenvalue weighted by Gasteiger charge is -2.24. The summed E-state index contributed by atoms with van der Waals surface area (Å²) in [4.78, 5) is 11.2. The van der Waals surface area contributed by atoms with Crippen molar-refractivity contribution >= 4 is 5.95 Å². The Morgan fingerprint density at radius 3 is 1.81 bits per heavy atom. The number of benzene rings is 2. The van der Waals surface area contributed by atoms with Gasteiger partial charge < -0.3 is 29.3 Å². The first kappa shape index (κ1) is 23.3. The van der Waals surface area contributed by atoms with Gasteiger partial charge in [0.05, 0.1) is 34.0 Å². The molecule has 1 atom stereocenters. The van der Waals surface area contributed by atoms with Crippen LogP contribution in [-0.2, 0) is 19.5 Å². The Labute approximate surface area is 188 Å². The standard InChI is InChI=1S/C24H29N3O5/c1-30-21-8-4-17(5-9-21)14-27(15-18-6-10-22(31-2)11-7-18)24-25-13-19(12-20(29)16-28)23(26-24)32-3/h4-11,13,20,28-29H,12,14-16H2,1-3H3. The number of aliphatic hydroxyl groups excluding tert-OH is 2. The minimum Gasteiger partial charge on any atom is -0.497 e. The average molecular weight is 440 g/mol. The summed E-state index contributed by atoms with van der Waals surface area (Å²) in [5.74, 6) is 2.45. The normalized spacial score (nSPS) is 11.7. The number of methoxy groups -OCH3 is 3. The smallest absolute Gasteiger partial charge is 0.229 e. The molecule has 0 saturated heterocycles. The molecule has 0 radical (unpaired) electrons. The molecule has 0 aliphatic heterocycles. The predicted octanol–water partition coefficient (Wildman–Crippen LogP) is 2.60. The molecule has 0 fully saturated rings. The third-order valence-electron chi connectivity index (χ3n) is 5.02. The Hall–Kier alpha value is -3.36. The fraction of sp³-hybridized carbons (Fsp3) is 0.333. The Morgan fingerprint density at radius 2 is 1.38 bits per heavy atom. The summed E-state index contributed by atoms with van der Waals surface area (Å²) in [6.45, 7) is 0.793. The van der Waals surface area contributed by atoms with Crippen LogP contribution in [0, 0.1) is 0 Å². The molecule has 8 heteroatoms. The van der Waals surface area contributed by atoms with Crippen LogP contribution in [0.1, 0.15) is 16.7 Å². The molecule has 3 rings (SSSR count). The van der Waals surface area contributed by atoms with E-state index in [0.29, 0.717) is 30.5 Å². The van der Waals surface area contributed by atoms with E-state index in [-0.39, 0.29) is 13.0 Å². The maximum Gasteiger partial charge on any atom is 0.229 e. The molecular weight excluding hydrogens is 410 g/mol. The van der Waals surface area contributed by atoms with Crippen LogP contribution in [0.25, 0.3) is 0 Å². The van der Waals surface area contributed by atoms with Crippen molar-refractivity contribution in [2.75, 3.05) is 32.8 Å². The quantitative estimate of drug-likeness (QED) is 0.471. The van der Waals surface area contributed by atoms with Gasteiger partial charge in [-0.1, -0.05) is 24.3 Å². The molecule has 2 aromatic carbocycles. The lowest BCUT2D eigenvalue weighted by molar-refractivity contribution is 0.0947. The number of aliphatic hydroxyl groups is 2. The van der Waals surface area contributed by atoms with Gasteiger partial charge in [0.1, 0.15) is 11.5 Å². The lowest BCUT2D eigenvalue weighted by atomic mass is 10.1. The number of nitrogens with zero attached hydrogens (tertiary/aromatic N) is 3. The van der Waals surface area contributed by atoms with Crippen LogP contribution >= 0.6 is 0 Å². The highest BCUT2D eigenvalue weighted by Gasteiger charge is 2.17. The minimum atomic E-state index is -0.895. The molecule has 2 N–H and O–H groups in total. The third-order valence-corrected chi connectivity index (χ3v) is 5.02. The summed E-state index contributed by atoms with van der Waals surface area (Å²) < 4.78 is 16.0. The van der Waals surface area contributed by atoms with Gasteiger partial charge in [-0.2, -0.15) is 4.98 Å². The number of aromatic nitrogens is 2. The molecular formula is C24H29N3O5. The van der Waals surface area contributed by atoms with Crippen molar-refractivity contribution in [3.63, 3.8) is 0 Å². The van der Waals surface area contributed by atoms with Crippen molar-refractivity contribution in [3.8, 4) is 17.4 Å². The van der Waals surface area contributed by atoms with Crippen LogP contribution in [0.4, 0.5) is 5.95 Å². The highest BCUT2D eigenvalue weighted by molar-refractivity contribution is 5.40. The minimum absolute atomic E-state index is 0.205. The highest BCUT2D eigenvalue weighted by atomic mass is 16.5. The van der Waals surface area contributed by atoms with Gasteiger partial charge in [-0.05, 0) is 35.4 Å². The fourth-order valence-corrected chi connectivity index (χ4v) is 3.27. The van der Waals surface area contributed by atoms with Crippen LogP contribution in [-0.4, -0.2) is 54.2 Å². The van der Waals surface area contributed by atoms with Crippen LogP contribution < -0.4 is 19.1 Å². The van der Waals surface area contributed by atoms with E-state index in [9.17, 15) is 5.11 Å². The van der Waals surface area contributed by atoms with E-state index in [4.69, 9.17) is 19.3 Å². The summed E-state index contributed by atoms with van der Waals surface area (Å²) in [7, 11) is 4.80. The van der Waals surface area contributed by atoms with Gasteiger partial charge in [-0.15, -0.1) is 0 Å². The second kappa shape index (κ2) is 11.3. The zero-order chi connectivity index (χ0) is 22.9. The largest absolute Gasteiger partial charge is 0.497 e. The number of hydrogen-bond acceptors (Lipinski definition) is 8. The Kier molecular flexibility index (Phi) is 8.24. The zero-order valence-corrected chi connectivity index (χ0v) is 18.6. The van der Waals surface area contributed by atoms with E-state index in [1.54, 1.807) is 20.4 Å². The zero-order valence-electron chi connectivity index (χ0n) is 18.6. The van der Waals surface area contributed by atoms with Gasteiger partial charge in [0.2, 0.25) is 11.8 Å². The molecule has 8 nitrogen and oxygen atoms in total. The second-order valence-electron chi connectivity index (χ2n) is 7.30. The van der Waals surface area contributed by atoms with Crippen molar-refractivity contribution in [2.45, 2.75) is 25.6 Å². The predicted molar refractivity (Wildman–Crippen MR) is 121 cm³/mol.